The summed E-state index contributed by atoms with van der Waals surface area (Å²) in [6.45, 7) is 7.18. The molecule has 0 spiro atoms. The maximum Gasteiger partial charge on any atom is 0.407 e. The number of amides is 5. The van der Waals surface area contributed by atoms with Crippen LogP contribution >= 0.6 is 0 Å². The van der Waals surface area contributed by atoms with E-state index in [1.54, 1.807) is 20.9 Å². The van der Waals surface area contributed by atoms with Crippen LogP contribution in [0.4, 0.5) is 9.59 Å². The van der Waals surface area contributed by atoms with Gasteiger partial charge in [0, 0.05) is 44.8 Å². The van der Waals surface area contributed by atoms with E-state index in [4.69, 9.17) is 9.47 Å². The Morgan fingerprint density at radius 3 is 2.06 bits per heavy atom. The van der Waals surface area contributed by atoms with Crippen molar-refractivity contribution in [2.45, 2.75) is 52.5 Å². The average molecular weight is 514 g/mol. The molecule has 1 unspecified atom stereocenters. The van der Waals surface area contributed by atoms with Crippen LogP contribution in [0.2, 0.25) is 0 Å². The number of ketones is 1. The molecule has 0 radical (unpaired) electrons. The number of alkyl carbamates (subject to hydrolysis) is 2. The van der Waals surface area contributed by atoms with Crippen molar-refractivity contribution in [3.05, 3.63) is 12.2 Å². The van der Waals surface area contributed by atoms with Crippen molar-refractivity contribution in [2.75, 3.05) is 46.4 Å². The van der Waals surface area contributed by atoms with E-state index in [2.05, 4.69) is 21.3 Å². The molecule has 13 nitrogen and oxygen atoms in total. The molecular formula is C23H39N5O8. The van der Waals surface area contributed by atoms with E-state index in [1.165, 1.54) is 19.1 Å². The van der Waals surface area contributed by atoms with Gasteiger partial charge in [0.05, 0.1) is 13.2 Å². The molecule has 0 aromatic rings. The average Bonchev–Trinajstić information content (AvgIpc) is 3.14. The molecule has 1 aliphatic rings. The zero-order chi connectivity index (χ0) is 27.3. The van der Waals surface area contributed by atoms with E-state index in [1.807, 2.05) is 0 Å². The summed E-state index contributed by atoms with van der Waals surface area (Å²) in [6, 6.07) is -0.663. The molecule has 36 heavy (non-hydrogen) atoms. The summed E-state index contributed by atoms with van der Waals surface area (Å²) in [7, 11) is 1.79. The number of rotatable bonds is 15. The number of imide groups is 1. The van der Waals surface area contributed by atoms with E-state index in [-0.39, 0.29) is 43.1 Å². The summed E-state index contributed by atoms with van der Waals surface area (Å²) in [4.78, 5) is 68.2. The first-order valence-corrected chi connectivity index (χ1v) is 11.9. The Kier molecular flexibility index (Phi) is 17.9. The SMILES string of the molecule is CC(=O)CCN1C(=O)C=CC1=O.CCOC(=O)NCCCCC(NC(=O)OCC)C(=O)NCCNC. The van der Waals surface area contributed by atoms with Crippen molar-refractivity contribution in [2.24, 2.45) is 0 Å². The Hall–Kier alpha value is -3.48. The largest absolute Gasteiger partial charge is 0.450 e. The number of carbonyl (C=O) groups excluding carboxylic acids is 6. The highest BCUT2D eigenvalue weighted by atomic mass is 16.6. The molecule has 1 atom stereocenters. The third-order valence-corrected chi connectivity index (χ3v) is 4.61. The van der Waals surface area contributed by atoms with Gasteiger partial charge in [0.15, 0.2) is 0 Å². The lowest BCUT2D eigenvalue weighted by Gasteiger charge is -2.18. The minimum atomic E-state index is -0.663. The van der Waals surface area contributed by atoms with E-state index >= 15 is 0 Å². The smallest absolute Gasteiger partial charge is 0.407 e. The van der Waals surface area contributed by atoms with E-state index in [9.17, 15) is 28.8 Å². The monoisotopic (exact) mass is 513 g/mol. The normalized spacial score (nSPS) is 12.8. The second-order valence-corrected chi connectivity index (χ2v) is 7.57. The second-order valence-electron chi connectivity index (χ2n) is 7.57. The summed E-state index contributed by atoms with van der Waals surface area (Å²) in [5.41, 5.74) is 0. The first kappa shape index (κ1) is 32.5. The lowest BCUT2D eigenvalue weighted by atomic mass is 10.1. The van der Waals surface area contributed by atoms with Crippen LogP contribution < -0.4 is 21.3 Å². The van der Waals surface area contributed by atoms with Crippen LogP contribution in [0.1, 0.15) is 46.5 Å². The standard InChI is InChI=1S/C15H30N4O5.C8H9NO3/c1-4-23-14(21)18-9-7-6-8-12(19-15(22)24-5-2)13(20)17-11-10-16-3;1-6(10)4-5-9-7(11)2-3-8(9)12/h12,16H,4-11H2,1-3H3,(H,17,20)(H,18,21)(H,19,22);2-3H,4-5H2,1H3. The highest BCUT2D eigenvalue weighted by Crippen LogP contribution is 2.04. The van der Waals surface area contributed by atoms with Gasteiger partial charge in [-0.25, -0.2) is 9.59 Å². The van der Waals surface area contributed by atoms with Crippen LogP contribution in [-0.4, -0.2) is 93.1 Å². The van der Waals surface area contributed by atoms with E-state index < -0.39 is 18.2 Å². The number of nitrogens with zero attached hydrogens (tertiary/aromatic N) is 1. The number of nitrogens with one attached hydrogen (secondary N) is 4. The van der Waals surface area contributed by atoms with E-state index in [0.717, 1.165) is 4.90 Å². The molecule has 1 rings (SSSR count). The highest BCUT2D eigenvalue weighted by molar-refractivity contribution is 6.13. The molecular weight excluding hydrogens is 474 g/mol. The zero-order valence-electron chi connectivity index (χ0n) is 21.5. The van der Waals surface area contributed by atoms with Crippen molar-refractivity contribution in [1.82, 2.24) is 26.2 Å². The maximum atomic E-state index is 12.1. The van der Waals surface area contributed by atoms with Gasteiger partial charge < -0.3 is 30.7 Å². The third-order valence-electron chi connectivity index (χ3n) is 4.61. The van der Waals surface area contributed by atoms with Gasteiger partial charge >= 0.3 is 12.2 Å². The van der Waals surface area contributed by atoms with Crippen molar-refractivity contribution in [3.8, 4) is 0 Å². The van der Waals surface area contributed by atoms with Crippen molar-refractivity contribution in [3.63, 3.8) is 0 Å². The highest BCUT2D eigenvalue weighted by Gasteiger charge is 2.23. The summed E-state index contributed by atoms with van der Waals surface area (Å²) in [5.74, 6) is -0.943. The molecule has 4 N–H and O–H groups in total. The Bertz CT molecular complexity index is 754. The lowest BCUT2D eigenvalue weighted by molar-refractivity contribution is -0.137. The number of likely N-dealkylation sites (N-methyl/N-ethyl adjacent to an activating group) is 1. The molecule has 0 saturated heterocycles. The van der Waals surface area contributed by atoms with Gasteiger partial charge in [-0.05, 0) is 47.1 Å². The Morgan fingerprint density at radius 1 is 0.889 bits per heavy atom. The summed E-state index contributed by atoms with van der Waals surface area (Å²) in [6.07, 6.45) is 3.37. The number of Topliss-reactive ketones (excluding diaryl/α,β-unsaturated/α-hetero) is 1. The Labute approximate surface area is 211 Å². The van der Waals surface area contributed by atoms with Crippen LogP contribution in [0.15, 0.2) is 12.2 Å². The van der Waals surface area contributed by atoms with Gasteiger partial charge in [-0.3, -0.25) is 24.1 Å². The van der Waals surface area contributed by atoms with Crippen molar-refractivity contribution in [1.29, 1.82) is 0 Å². The Balaban J connectivity index is 0.000000846. The number of ether oxygens (including phenoxy) is 2. The minimum absolute atomic E-state index is 0.0255. The molecule has 1 aliphatic heterocycles. The number of hydrogen-bond acceptors (Lipinski definition) is 9. The summed E-state index contributed by atoms with van der Waals surface area (Å²) >= 11 is 0. The maximum absolute atomic E-state index is 12.1. The summed E-state index contributed by atoms with van der Waals surface area (Å²) in [5, 5.41) is 10.8. The molecule has 0 aliphatic carbocycles. The quantitative estimate of drug-likeness (QED) is 0.177. The summed E-state index contributed by atoms with van der Waals surface area (Å²) < 4.78 is 9.57. The fourth-order valence-electron chi connectivity index (χ4n) is 2.78. The predicted molar refractivity (Wildman–Crippen MR) is 131 cm³/mol. The van der Waals surface area contributed by atoms with Crippen LogP contribution in [0.25, 0.3) is 0 Å². The molecule has 204 valence electrons. The fourth-order valence-corrected chi connectivity index (χ4v) is 2.78. The number of unbranched alkanes of at least 4 members (excludes halogenated alkanes) is 1. The van der Waals surface area contributed by atoms with E-state index in [0.29, 0.717) is 45.5 Å². The predicted octanol–water partition coefficient (Wildman–Crippen LogP) is 0.244. The molecule has 13 heteroatoms. The van der Waals surface area contributed by atoms with Crippen LogP contribution in [0.3, 0.4) is 0 Å². The molecule has 5 amide bonds. The Morgan fingerprint density at radius 2 is 1.50 bits per heavy atom. The minimum Gasteiger partial charge on any atom is -0.450 e. The van der Waals surface area contributed by atoms with Gasteiger partial charge in [-0.15, -0.1) is 0 Å². The second kappa shape index (κ2) is 19.8. The molecule has 0 fully saturated rings. The van der Waals surface area contributed by atoms with Gasteiger partial charge in [-0.1, -0.05) is 0 Å². The van der Waals surface area contributed by atoms with Gasteiger partial charge in [-0.2, -0.15) is 0 Å². The third kappa shape index (κ3) is 15.4. The first-order valence-electron chi connectivity index (χ1n) is 11.9. The zero-order valence-corrected chi connectivity index (χ0v) is 21.5. The first-order chi connectivity index (χ1) is 17.2. The van der Waals surface area contributed by atoms with Crippen LogP contribution in [0.5, 0.6) is 0 Å². The number of hydrogen-bond donors (Lipinski definition) is 4. The molecule has 1 heterocycles. The van der Waals surface area contributed by atoms with Gasteiger partial charge in [0.1, 0.15) is 11.8 Å². The van der Waals surface area contributed by atoms with Crippen LogP contribution in [0, 0.1) is 0 Å². The van der Waals surface area contributed by atoms with Gasteiger partial charge in [0.25, 0.3) is 11.8 Å². The molecule has 0 saturated carbocycles. The van der Waals surface area contributed by atoms with Gasteiger partial charge in [0.2, 0.25) is 5.91 Å². The molecule has 0 aromatic carbocycles. The molecule has 0 bridgehead atoms. The van der Waals surface area contributed by atoms with Crippen LogP contribution in [-0.2, 0) is 28.7 Å². The fraction of sp³-hybridized carbons (Fsp3) is 0.652. The van der Waals surface area contributed by atoms with Crippen molar-refractivity contribution < 1.29 is 38.2 Å². The number of carbonyl (C=O) groups is 6. The van der Waals surface area contributed by atoms with Crippen molar-refractivity contribution >= 4 is 35.7 Å². The topological polar surface area (TPSA) is 172 Å². The lowest BCUT2D eigenvalue weighted by Crippen LogP contribution is -2.48. The molecule has 0 aromatic heterocycles.